The van der Waals surface area contributed by atoms with Crippen LogP contribution in [0.1, 0.15) is 16.1 Å². The molecule has 0 spiro atoms. The van der Waals surface area contributed by atoms with Crippen LogP contribution in [0.3, 0.4) is 0 Å². The van der Waals surface area contributed by atoms with Gasteiger partial charge in [0.05, 0.1) is 11.4 Å². The molecule has 0 amide bonds. The Morgan fingerprint density at radius 3 is 2.71 bits per heavy atom. The van der Waals surface area contributed by atoms with Gasteiger partial charge in [-0.25, -0.2) is 13.2 Å². The maximum Gasteiger partial charge on any atom is 0.340 e. The summed E-state index contributed by atoms with van der Waals surface area (Å²) in [5, 5.41) is 9.11. The first-order chi connectivity index (χ1) is 7.81. The summed E-state index contributed by atoms with van der Waals surface area (Å²) in [6, 6.07) is 0. The lowest BCUT2D eigenvalue weighted by Crippen LogP contribution is -2.28. The number of hydrogen-bond acceptors (Lipinski definition) is 5. The molecule has 0 aliphatic carbocycles. The van der Waals surface area contributed by atoms with Crippen molar-refractivity contribution in [2.24, 2.45) is 0 Å². The first kappa shape index (κ1) is 13.7. The molecule has 8 heteroatoms. The van der Waals surface area contributed by atoms with Crippen molar-refractivity contribution in [2.45, 2.75) is 6.92 Å². The van der Waals surface area contributed by atoms with Gasteiger partial charge in [0.15, 0.2) is 0 Å². The Hall–Kier alpha value is -1.41. The SMILES string of the molecule is C=CCS(=O)(=O)N(C)c1snc(C)c1C(=O)O. The third kappa shape index (κ3) is 2.64. The number of aromatic carboxylic acids is 1. The molecule has 0 saturated heterocycles. The monoisotopic (exact) mass is 276 g/mol. The molecular weight excluding hydrogens is 264 g/mol. The van der Waals surface area contributed by atoms with Crippen LogP contribution in [-0.2, 0) is 10.0 Å². The molecule has 0 saturated carbocycles. The summed E-state index contributed by atoms with van der Waals surface area (Å²) in [6.07, 6.45) is 1.25. The number of anilines is 1. The summed E-state index contributed by atoms with van der Waals surface area (Å²) >= 11 is 0.847. The van der Waals surface area contributed by atoms with Gasteiger partial charge < -0.3 is 5.11 Å². The Bertz CT molecular complexity index is 547. The van der Waals surface area contributed by atoms with Gasteiger partial charge in [-0.15, -0.1) is 6.58 Å². The van der Waals surface area contributed by atoms with Crippen LogP contribution >= 0.6 is 11.5 Å². The van der Waals surface area contributed by atoms with Crippen LogP contribution in [0.5, 0.6) is 0 Å². The Kier molecular flexibility index (Phi) is 3.89. The van der Waals surface area contributed by atoms with Crippen LogP contribution in [0.2, 0.25) is 0 Å². The Balaban J connectivity index is 3.26. The van der Waals surface area contributed by atoms with Crippen LogP contribution in [0, 0.1) is 6.92 Å². The van der Waals surface area contributed by atoms with Crippen molar-refractivity contribution in [1.82, 2.24) is 4.37 Å². The predicted molar refractivity (Wildman–Crippen MR) is 66.2 cm³/mol. The number of nitrogens with zero attached hydrogens (tertiary/aromatic N) is 2. The third-order valence-electron chi connectivity index (χ3n) is 2.09. The molecule has 0 aromatic carbocycles. The second-order valence-corrected chi connectivity index (χ2v) is 6.08. The second kappa shape index (κ2) is 4.84. The molecule has 0 aliphatic heterocycles. The summed E-state index contributed by atoms with van der Waals surface area (Å²) in [6.45, 7) is 4.88. The Morgan fingerprint density at radius 2 is 2.24 bits per heavy atom. The highest BCUT2D eigenvalue weighted by molar-refractivity contribution is 7.93. The molecule has 1 aromatic heterocycles. The van der Waals surface area contributed by atoms with E-state index in [-0.39, 0.29) is 16.3 Å². The zero-order chi connectivity index (χ0) is 13.2. The number of aromatic nitrogens is 1. The van der Waals surface area contributed by atoms with Crippen LogP contribution < -0.4 is 4.31 Å². The summed E-state index contributed by atoms with van der Waals surface area (Å²) in [4.78, 5) is 11.0. The minimum absolute atomic E-state index is 0.0786. The molecule has 0 fully saturated rings. The van der Waals surface area contributed by atoms with E-state index in [1.807, 2.05) is 0 Å². The van der Waals surface area contributed by atoms with Crippen LogP contribution in [0.25, 0.3) is 0 Å². The molecule has 17 heavy (non-hydrogen) atoms. The van der Waals surface area contributed by atoms with Crippen LogP contribution in [0.15, 0.2) is 12.7 Å². The first-order valence-corrected chi connectivity index (χ1v) is 6.96. The van der Waals surface area contributed by atoms with E-state index in [9.17, 15) is 13.2 Å². The predicted octanol–water partition coefficient (Wildman–Crippen LogP) is 1.10. The number of carboxylic acids is 1. The molecule has 0 bridgehead atoms. The number of sulfonamides is 1. The molecule has 0 aliphatic rings. The van der Waals surface area contributed by atoms with Gasteiger partial charge in [0.2, 0.25) is 10.0 Å². The van der Waals surface area contributed by atoms with Crippen LogP contribution in [0.4, 0.5) is 5.00 Å². The molecule has 0 atom stereocenters. The zero-order valence-electron chi connectivity index (χ0n) is 9.37. The molecule has 1 rings (SSSR count). The third-order valence-corrected chi connectivity index (χ3v) is 4.90. The largest absolute Gasteiger partial charge is 0.478 e. The van der Waals surface area contributed by atoms with Crippen molar-refractivity contribution in [2.75, 3.05) is 17.1 Å². The Morgan fingerprint density at radius 1 is 1.65 bits per heavy atom. The van der Waals surface area contributed by atoms with Crippen molar-refractivity contribution < 1.29 is 18.3 Å². The van der Waals surface area contributed by atoms with Gasteiger partial charge in [0, 0.05) is 7.05 Å². The topological polar surface area (TPSA) is 87.6 Å². The van der Waals surface area contributed by atoms with E-state index in [4.69, 9.17) is 5.11 Å². The fraction of sp³-hybridized carbons (Fsp3) is 0.333. The lowest BCUT2D eigenvalue weighted by molar-refractivity contribution is 0.0697. The minimum atomic E-state index is -3.58. The highest BCUT2D eigenvalue weighted by atomic mass is 32.2. The van der Waals surface area contributed by atoms with Gasteiger partial charge >= 0.3 is 5.97 Å². The average molecular weight is 276 g/mol. The second-order valence-electron chi connectivity index (χ2n) is 3.29. The average Bonchev–Trinajstić information content (AvgIpc) is 2.58. The van der Waals surface area contributed by atoms with Crippen molar-refractivity contribution >= 4 is 32.5 Å². The van der Waals surface area contributed by atoms with Crippen molar-refractivity contribution in [3.05, 3.63) is 23.9 Å². The molecule has 0 radical (unpaired) electrons. The fourth-order valence-corrected chi connectivity index (χ4v) is 3.27. The van der Waals surface area contributed by atoms with Gasteiger partial charge in [-0.05, 0) is 18.5 Å². The Labute approximate surface area is 103 Å². The minimum Gasteiger partial charge on any atom is -0.478 e. The normalized spacial score (nSPS) is 11.2. The lowest BCUT2D eigenvalue weighted by atomic mass is 10.2. The summed E-state index contributed by atoms with van der Waals surface area (Å²) in [5.74, 6) is -1.44. The van der Waals surface area contributed by atoms with E-state index in [0.717, 1.165) is 15.8 Å². The zero-order valence-corrected chi connectivity index (χ0v) is 11.0. The highest BCUT2D eigenvalue weighted by Gasteiger charge is 2.26. The molecule has 1 N–H and O–H groups in total. The summed E-state index contributed by atoms with van der Waals surface area (Å²) in [7, 11) is -2.28. The highest BCUT2D eigenvalue weighted by Crippen LogP contribution is 2.29. The number of rotatable bonds is 5. The van der Waals surface area contributed by atoms with E-state index < -0.39 is 16.0 Å². The number of hydrogen-bond donors (Lipinski definition) is 1. The van der Waals surface area contributed by atoms with Crippen molar-refractivity contribution in [3.63, 3.8) is 0 Å². The summed E-state index contributed by atoms with van der Waals surface area (Å²) in [5.41, 5.74) is 0.225. The maximum atomic E-state index is 11.8. The molecule has 1 aromatic rings. The van der Waals surface area contributed by atoms with E-state index in [1.165, 1.54) is 20.0 Å². The maximum absolute atomic E-state index is 11.8. The number of aryl methyl sites for hydroxylation is 1. The van der Waals surface area contributed by atoms with Gasteiger partial charge in [-0.2, -0.15) is 4.37 Å². The van der Waals surface area contributed by atoms with Gasteiger partial charge in [0.25, 0.3) is 0 Å². The quantitative estimate of drug-likeness (QED) is 0.814. The van der Waals surface area contributed by atoms with Gasteiger partial charge in [0.1, 0.15) is 10.6 Å². The molecule has 94 valence electrons. The number of carbonyl (C=O) groups is 1. The van der Waals surface area contributed by atoms with E-state index in [0.29, 0.717) is 5.69 Å². The van der Waals surface area contributed by atoms with Gasteiger partial charge in [-0.3, -0.25) is 4.31 Å². The molecule has 1 heterocycles. The summed E-state index contributed by atoms with van der Waals surface area (Å²) < 4.78 is 28.3. The molecule has 6 nitrogen and oxygen atoms in total. The van der Waals surface area contributed by atoms with E-state index in [2.05, 4.69) is 11.0 Å². The van der Waals surface area contributed by atoms with E-state index in [1.54, 1.807) is 0 Å². The van der Waals surface area contributed by atoms with Crippen molar-refractivity contribution in [3.8, 4) is 0 Å². The fourth-order valence-electron chi connectivity index (χ4n) is 1.21. The standard InChI is InChI=1S/C9H12N2O4S2/c1-4-5-17(14,15)11(3)8-7(9(12)13)6(2)10-16-8/h4H,1,5H2,2-3H3,(H,12,13). The van der Waals surface area contributed by atoms with E-state index >= 15 is 0 Å². The smallest absolute Gasteiger partial charge is 0.340 e. The lowest BCUT2D eigenvalue weighted by Gasteiger charge is -2.16. The molecule has 0 unspecified atom stereocenters. The number of carboxylic acid groups (broad SMARTS) is 1. The van der Waals surface area contributed by atoms with Crippen LogP contribution in [-0.4, -0.2) is 36.7 Å². The molecular formula is C9H12N2O4S2. The first-order valence-electron chi connectivity index (χ1n) is 4.58. The van der Waals surface area contributed by atoms with Crippen molar-refractivity contribution in [1.29, 1.82) is 0 Å². The van der Waals surface area contributed by atoms with Gasteiger partial charge in [-0.1, -0.05) is 6.08 Å².